The van der Waals surface area contributed by atoms with Crippen molar-refractivity contribution in [3.8, 4) is 0 Å². The molecule has 0 aliphatic rings. The molecule has 84 valence electrons. The second-order valence-corrected chi connectivity index (χ2v) is 3.99. The molecule has 1 amide bonds. The fraction of sp³-hybridized carbons (Fsp3) is 0.333. The Hall–Kier alpha value is -1.84. The van der Waals surface area contributed by atoms with Crippen LogP contribution in [0.4, 0.5) is 0 Å². The highest BCUT2D eigenvalue weighted by atomic mass is 16.2. The Morgan fingerprint density at radius 1 is 1.44 bits per heavy atom. The molecule has 0 aromatic carbocycles. The van der Waals surface area contributed by atoms with Gasteiger partial charge < -0.3 is 4.90 Å². The summed E-state index contributed by atoms with van der Waals surface area (Å²) in [5, 5.41) is 4.27. The standard InChI is InChI=1S/C12H15N3O/c1-4-9-5-6-10-7-11(12(16)14(2)3)13-15(10)8-9/h5-8H,4H2,1-3H3. The first-order chi connectivity index (χ1) is 7.61. The Balaban J connectivity index is 2.47. The Labute approximate surface area is 94.5 Å². The van der Waals surface area contributed by atoms with E-state index in [2.05, 4.69) is 18.1 Å². The fourth-order valence-electron chi connectivity index (χ4n) is 1.57. The van der Waals surface area contributed by atoms with Gasteiger partial charge in [-0.15, -0.1) is 0 Å². The molecule has 16 heavy (non-hydrogen) atoms. The quantitative estimate of drug-likeness (QED) is 0.766. The summed E-state index contributed by atoms with van der Waals surface area (Å²) in [6, 6.07) is 5.85. The van der Waals surface area contributed by atoms with Crippen LogP contribution in [0.1, 0.15) is 23.0 Å². The fourth-order valence-corrected chi connectivity index (χ4v) is 1.57. The zero-order chi connectivity index (χ0) is 11.7. The summed E-state index contributed by atoms with van der Waals surface area (Å²) in [6.45, 7) is 2.09. The van der Waals surface area contributed by atoms with Gasteiger partial charge in [-0.3, -0.25) is 4.79 Å². The molecule has 2 rings (SSSR count). The monoisotopic (exact) mass is 217 g/mol. The minimum absolute atomic E-state index is 0.0678. The van der Waals surface area contributed by atoms with Crippen LogP contribution in [-0.4, -0.2) is 34.5 Å². The van der Waals surface area contributed by atoms with E-state index in [0.29, 0.717) is 5.69 Å². The molecule has 0 unspecified atom stereocenters. The van der Waals surface area contributed by atoms with Gasteiger partial charge >= 0.3 is 0 Å². The molecule has 2 aromatic rings. The van der Waals surface area contributed by atoms with Crippen LogP contribution in [0.15, 0.2) is 24.4 Å². The Morgan fingerprint density at radius 3 is 2.81 bits per heavy atom. The zero-order valence-electron chi connectivity index (χ0n) is 9.77. The largest absolute Gasteiger partial charge is 0.343 e. The third-order valence-corrected chi connectivity index (χ3v) is 2.55. The van der Waals surface area contributed by atoms with E-state index in [9.17, 15) is 4.79 Å². The lowest BCUT2D eigenvalue weighted by molar-refractivity contribution is 0.0821. The molecule has 0 bridgehead atoms. The number of carbonyl (C=O) groups excluding carboxylic acids is 1. The number of pyridine rings is 1. The van der Waals surface area contributed by atoms with Crippen LogP contribution in [-0.2, 0) is 6.42 Å². The molecule has 0 fully saturated rings. The molecule has 0 saturated carbocycles. The first kappa shape index (κ1) is 10.7. The average molecular weight is 217 g/mol. The lowest BCUT2D eigenvalue weighted by Crippen LogP contribution is -2.22. The zero-order valence-corrected chi connectivity index (χ0v) is 9.77. The van der Waals surface area contributed by atoms with Crippen molar-refractivity contribution >= 4 is 11.4 Å². The van der Waals surface area contributed by atoms with Crippen molar-refractivity contribution in [1.82, 2.24) is 14.5 Å². The molecule has 0 aliphatic carbocycles. The number of hydrogen-bond donors (Lipinski definition) is 0. The molecular formula is C12H15N3O. The van der Waals surface area contributed by atoms with Gasteiger partial charge in [-0.05, 0) is 24.1 Å². The van der Waals surface area contributed by atoms with Crippen molar-refractivity contribution in [2.24, 2.45) is 0 Å². The third-order valence-electron chi connectivity index (χ3n) is 2.55. The van der Waals surface area contributed by atoms with E-state index < -0.39 is 0 Å². The summed E-state index contributed by atoms with van der Waals surface area (Å²) in [7, 11) is 3.45. The number of carbonyl (C=O) groups is 1. The molecule has 0 aliphatic heterocycles. The molecule has 0 atom stereocenters. The van der Waals surface area contributed by atoms with Gasteiger partial charge in [-0.2, -0.15) is 5.10 Å². The normalized spacial score (nSPS) is 10.7. The number of fused-ring (bicyclic) bond motifs is 1. The van der Waals surface area contributed by atoms with Crippen molar-refractivity contribution in [2.75, 3.05) is 14.1 Å². The van der Waals surface area contributed by atoms with Gasteiger partial charge in [0.05, 0.1) is 5.52 Å². The van der Waals surface area contributed by atoms with E-state index in [1.54, 1.807) is 18.6 Å². The molecular weight excluding hydrogens is 202 g/mol. The maximum Gasteiger partial charge on any atom is 0.273 e. The Bertz CT molecular complexity index is 528. The maximum absolute atomic E-state index is 11.7. The number of aromatic nitrogens is 2. The first-order valence-electron chi connectivity index (χ1n) is 5.31. The van der Waals surface area contributed by atoms with Crippen molar-refractivity contribution in [1.29, 1.82) is 0 Å². The summed E-state index contributed by atoms with van der Waals surface area (Å²) in [5.74, 6) is -0.0678. The van der Waals surface area contributed by atoms with E-state index in [1.165, 1.54) is 10.5 Å². The maximum atomic E-state index is 11.7. The lowest BCUT2D eigenvalue weighted by Gasteiger charge is -2.06. The molecule has 2 aromatic heterocycles. The number of aryl methyl sites for hydroxylation is 1. The van der Waals surface area contributed by atoms with Crippen LogP contribution in [0.25, 0.3) is 5.52 Å². The van der Waals surface area contributed by atoms with Gasteiger partial charge in [-0.1, -0.05) is 13.0 Å². The van der Waals surface area contributed by atoms with Gasteiger partial charge in [0.15, 0.2) is 5.69 Å². The minimum Gasteiger partial charge on any atom is -0.343 e. The number of rotatable bonds is 2. The van der Waals surface area contributed by atoms with Crippen LogP contribution in [0.2, 0.25) is 0 Å². The van der Waals surface area contributed by atoms with E-state index in [1.807, 2.05) is 18.3 Å². The Morgan fingerprint density at radius 2 is 2.19 bits per heavy atom. The van der Waals surface area contributed by atoms with Crippen LogP contribution < -0.4 is 0 Å². The predicted octanol–water partition coefficient (Wildman–Crippen LogP) is 1.60. The van der Waals surface area contributed by atoms with Crippen molar-refractivity contribution < 1.29 is 4.79 Å². The van der Waals surface area contributed by atoms with E-state index in [-0.39, 0.29) is 5.91 Å². The second kappa shape index (κ2) is 3.96. The van der Waals surface area contributed by atoms with Crippen molar-refractivity contribution in [2.45, 2.75) is 13.3 Å². The summed E-state index contributed by atoms with van der Waals surface area (Å²) in [5.41, 5.74) is 2.64. The summed E-state index contributed by atoms with van der Waals surface area (Å²) < 4.78 is 1.76. The van der Waals surface area contributed by atoms with Gasteiger partial charge in [-0.25, -0.2) is 4.52 Å². The molecule has 0 N–H and O–H groups in total. The molecule has 4 nitrogen and oxygen atoms in total. The van der Waals surface area contributed by atoms with Gasteiger partial charge in [0.1, 0.15) is 0 Å². The van der Waals surface area contributed by atoms with Crippen molar-refractivity contribution in [3.63, 3.8) is 0 Å². The third kappa shape index (κ3) is 1.78. The molecule has 0 spiro atoms. The summed E-state index contributed by atoms with van der Waals surface area (Å²) in [4.78, 5) is 13.2. The Kier molecular flexibility index (Phi) is 2.64. The summed E-state index contributed by atoms with van der Waals surface area (Å²) >= 11 is 0. The number of amides is 1. The minimum atomic E-state index is -0.0678. The van der Waals surface area contributed by atoms with Crippen LogP contribution >= 0.6 is 0 Å². The van der Waals surface area contributed by atoms with Gasteiger partial charge in [0, 0.05) is 20.3 Å². The van der Waals surface area contributed by atoms with E-state index in [4.69, 9.17) is 0 Å². The van der Waals surface area contributed by atoms with Crippen LogP contribution in [0, 0.1) is 0 Å². The highest BCUT2D eigenvalue weighted by molar-refractivity contribution is 5.93. The topological polar surface area (TPSA) is 37.6 Å². The molecule has 4 heteroatoms. The highest BCUT2D eigenvalue weighted by Gasteiger charge is 2.12. The smallest absolute Gasteiger partial charge is 0.273 e. The number of hydrogen-bond acceptors (Lipinski definition) is 2. The van der Waals surface area contributed by atoms with Gasteiger partial charge in [0.25, 0.3) is 5.91 Å². The first-order valence-corrected chi connectivity index (χ1v) is 5.31. The highest BCUT2D eigenvalue weighted by Crippen LogP contribution is 2.10. The molecule has 0 radical (unpaired) electrons. The predicted molar refractivity (Wildman–Crippen MR) is 62.6 cm³/mol. The number of nitrogens with zero attached hydrogens (tertiary/aromatic N) is 3. The second-order valence-electron chi connectivity index (χ2n) is 3.99. The van der Waals surface area contributed by atoms with E-state index in [0.717, 1.165) is 11.9 Å². The molecule has 0 saturated heterocycles. The SMILES string of the molecule is CCc1ccc2cc(C(=O)N(C)C)nn2c1. The van der Waals surface area contributed by atoms with Gasteiger partial charge in [0.2, 0.25) is 0 Å². The van der Waals surface area contributed by atoms with Crippen molar-refractivity contribution in [3.05, 3.63) is 35.7 Å². The van der Waals surface area contributed by atoms with Crippen LogP contribution in [0.5, 0.6) is 0 Å². The summed E-state index contributed by atoms with van der Waals surface area (Å²) in [6.07, 6.45) is 2.93. The van der Waals surface area contributed by atoms with E-state index >= 15 is 0 Å². The lowest BCUT2D eigenvalue weighted by atomic mass is 10.2. The average Bonchev–Trinajstić information content (AvgIpc) is 2.69. The molecule has 2 heterocycles. The van der Waals surface area contributed by atoms with Crippen LogP contribution in [0.3, 0.4) is 0 Å².